The molecule has 1 atom stereocenters. The van der Waals surface area contributed by atoms with Gasteiger partial charge in [-0.1, -0.05) is 55.5 Å². The molecule has 0 unspecified atom stereocenters. The Morgan fingerprint density at radius 2 is 1.71 bits per heavy atom. The van der Waals surface area contributed by atoms with Crippen LogP contribution in [0.5, 0.6) is 0 Å². The summed E-state index contributed by atoms with van der Waals surface area (Å²) in [6, 6.07) is 20.5. The van der Waals surface area contributed by atoms with E-state index in [0.717, 1.165) is 25.2 Å². The lowest BCUT2D eigenvalue weighted by atomic mass is 9.76. The number of hydrogen-bond acceptors (Lipinski definition) is 2. The summed E-state index contributed by atoms with van der Waals surface area (Å²) in [5.41, 5.74) is 2.45. The Morgan fingerprint density at radius 3 is 2.38 bits per heavy atom. The van der Waals surface area contributed by atoms with E-state index in [9.17, 15) is 4.79 Å². The van der Waals surface area contributed by atoms with Gasteiger partial charge in [0.05, 0.1) is 6.54 Å². The van der Waals surface area contributed by atoms with Crippen LogP contribution in [0.25, 0.3) is 0 Å². The van der Waals surface area contributed by atoms with Gasteiger partial charge in [-0.2, -0.15) is 0 Å². The molecule has 1 heterocycles. The van der Waals surface area contributed by atoms with E-state index in [-0.39, 0.29) is 11.3 Å². The normalized spacial score (nSPS) is 21.4. The van der Waals surface area contributed by atoms with E-state index >= 15 is 0 Å². The molecule has 0 spiro atoms. The van der Waals surface area contributed by atoms with E-state index in [0.29, 0.717) is 6.54 Å². The van der Waals surface area contributed by atoms with Crippen molar-refractivity contribution in [2.45, 2.75) is 25.2 Å². The second-order valence-corrected chi connectivity index (χ2v) is 7.03. The van der Waals surface area contributed by atoms with Crippen LogP contribution in [-0.4, -0.2) is 37.5 Å². The van der Waals surface area contributed by atoms with E-state index in [1.54, 1.807) is 4.90 Å². The Kier molecular flexibility index (Phi) is 5.00. The van der Waals surface area contributed by atoms with Crippen LogP contribution in [0, 0.1) is 0 Å². The van der Waals surface area contributed by atoms with Gasteiger partial charge in [-0.15, -0.1) is 0 Å². The fourth-order valence-electron chi connectivity index (χ4n) is 3.65. The highest BCUT2D eigenvalue weighted by molar-refractivity contribution is 5.94. The highest BCUT2D eigenvalue weighted by Gasteiger charge is 2.33. The minimum atomic E-state index is 0.130. The molecule has 0 aromatic heterocycles. The predicted octanol–water partition coefficient (Wildman–Crippen LogP) is 3.70. The van der Waals surface area contributed by atoms with Crippen LogP contribution in [0.3, 0.4) is 0 Å². The van der Waals surface area contributed by atoms with Crippen molar-refractivity contribution in [3.05, 3.63) is 66.2 Å². The summed E-state index contributed by atoms with van der Waals surface area (Å²) in [6.07, 6.45) is 2.31. The number of hydrogen-bond donors (Lipinski definition) is 0. The predicted molar refractivity (Wildman–Crippen MR) is 99.3 cm³/mol. The number of carbonyl (C=O) groups is 1. The van der Waals surface area contributed by atoms with Gasteiger partial charge in [-0.25, -0.2) is 0 Å². The van der Waals surface area contributed by atoms with Crippen LogP contribution < -0.4 is 4.90 Å². The monoisotopic (exact) mass is 322 g/mol. The quantitative estimate of drug-likeness (QED) is 0.857. The smallest absolute Gasteiger partial charge is 0.240 e. The summed E-state index contributed by atoms with van der Waals surface area (Å²) in [5, 5.41) is 0. The van der Waals surface area contributed by atoms with Crippen LogP contribution in [0.15, 0.2) is 60.7 Å². The van der Waals surface area contributed by atoms with Gasteiger partial charge in [-0.05, 0) is 37.1 Å². The number of rotatable bonds is 4. The van der Waals surface area contributed by atoms with Crippen molar-refractivity contribution in [3.63, 3.8) is 0 Å². The third kappa shape index (κ3) is 3.68. The third-order valence-corrected chi connectivity index (χ3v) is 5.12. The summed E-state index contributed by atoms with van der Waals surface area (Å²) in [4.78, 5) is 16.7. The number of benzene rings is 2. The molecule has 0 aliphatic carbocycles. The topological polar surface area (TPSA) is 23.6 Å². The zero-order chi connectivity index (χ0) is 17.0. The molecular weight excluding hydrogens is 296 g/mol. The minimum Gasteiger partial charge on any atom is -0.314 e. The molecule has 1 amide bonds. The fourth-order valence-corrected chi connectivity index (χ4v) is 3.65. The number of nitrogens with zero attached hydrogens (tertiary/aromatic N) is 2. The molecule has 3 heteroatoms. The average Bonchev–Trinajstić information content (AvgIpc) is 2.62. The molecule has 1 fully saturated rings. The number of likely N-dealkylation sites (N-methyl/N-ethyl adjacent to an activating group) is 1. The van der Waals surface area contributed by atoms with Gasteiger partial charge in [0.25, 0.3) is 0 Å². The molecule has 24 heavy (non-hydrogen) atoms. The van der Waals surface area contributed by atoms with Crippen LogP contribution in [0.4, 0.5) is 5.69 Å². The maximum atomic E-state index is 12.6. The first kappa shape index (κ1) is 16.7. The molecule has 0 N–H and O–H groups in total. The van der Waals surface area contributed by atoms with Crippen molar-refractivity contribution in [1.29, 1.82) is 0 Å². The van der Waals surface area contributed by atoms with Crippen molar-refractivity contribution in [2.24, 2.45) is 0 Å². The molecule has 0 radical (unpaired) electrons. The average molecular weight is 322 g/mol. The second kappa shape index (κ2) is 7.18. The molecule has 0 saturated carbocycles. The largest absolute Gasteiger partial charge is 0.314 e. The van der Waals surface area contributed by atoms with Crippen LogP contribution in [0.2, 0.25) is 0 Å². The molecule has 1 aliphatic rings. The Hall–Kier alpha value is -2.13. The van der Waals surface area contributed by atoms with Crippen molar-refractivity contribution < 1.29 is 4.79 Å². The first-order chi connectivity index (χ1) is 11.6. The number of carbonyl (C=O) groups excluding carboxylic acids is 1. The first-order valence-electron chi connectivity index (χ1n) is 8.68. The van der Waals surface area contributed by atoms with E-state index in [4.69, 9.17) is 0 Å². The molecule has 1 saturated heterocycles. The molecule has 2 aromatic rings. The van der Waals surface area contributed by atoms with Crippen molar-refractivity contribution >= 4 is 11.6 Å². The SMILES string of the molecule is CN(C(=O)CN1CCC[C@@](C)(c2ccccc2)C1)c1ccccc1. The summed E-state index contributed by atoms with van der Waals surface area (Å²) < 4.78 is 0. The molecule has 2 aromatic carbocycles. The van der Waals surface area contributed by atoms with Gasteiger partial charge in [-0.3, -0.25) is 9.69 Å². The first-order valence-corrected chi connectivity index (χ1v) is 8.68. The Balaban J connectivity index is 1.66. The van der Waals surface area contributed by atoms with Crippen LogP contribution in [-0.2, 0) is 10.2 Å². The molecule has 3 nitrogen and oxygen atoms in total. The molecule has 3 rings (SSSR count). The maximum Gasteiger partial charge on any atom is 0.240 e. The van der Waals surface area contributed by atoms with Gasteiger partial charge in [0.2, 0.25) is 5.91 Å². The van der Waals surface area contributed by atoms with E-state index in [1.165, 1.54) is 12.0 Å². The van der Waals surface area contributed by atoms with Gasteiger partial charge < -0.3 is 4.90 Å². The number of amides is 1. The number of likely N-dealkylation sites (tertiary alicyclic amines) is 1. The number of para-hydroxylation sites is 1. The van der Waals surface area contributed by atoms with Gasteiger partial charge >= 0.3 is 0 Å². The standard InChI is InChI=1S/C21H26N2O/c1-21(18-10-5-3-6-11-18)14-9-15-23(17-21)16-20(24)22(2)19-12-7-4-8-13-19/h3-8,10-13H,9,14-17H2,1-2H3/t21-/m1/s1. The Morgan fingerprint density at radius 1 is 1.08 bits per heavy atom. The highest BCUT2D eigenvalue weighted by atomic mass is 16.2. The maximum absolute atomic E-state index is 12.6. The van der Waals surface area contributed by atoms with Gasteiger partial charge in [0.15, 0.2) is 0 Å². The zero-order valence-corrected chi connectivity index (χ0v) is 14.6. The lowest BCUT2D eigenvalue weighted by Gasteiger charge is -2.41. The zero-order valence-electron chi connectivity index (χ0n) is 14.6. The van der Waals surface area contributed by atoms with Gasteiger partial charge in [0, 0.05) is 24.7 Å². The summed E-state index contributed by atoms with van der Waals surface area (Å²) in [6.45, 7) is 4.73. The van der Waals surface area contributed by atoms with Gasteiger partial charge in [0.1, 0.15) is 0 Å². The van der Waals surface area contributed by atoms with Crippen molar-refractivity contribution in [2.75, 3.05) is 31.6 Å². The van der Waals surface area contributed by atoms with E-state index in [1.807, 2.05) is 37.4 Å². The third-order valence-electron chi connectivity index (χ3n) is 5.12. The summed E-state index contributed by atoms with van der Waals surface area (Å²) >= 11 is 0. The lowest BCUT2D eigenvalue weighted by molar-refractivity contribution is -0.119. The Labute approximate surface area is 144 Å². The molecule has 1 aliphatic heterocycles. The summed E-state index contributed by atoms with van der Waals surface area (Å²) in [7, 11) is 1.86. The van der Waals surface area contributed by atoms with Crippen molar-refractivity contribution in [3.8, 4) is 0 Å². The highest BCUT2D eigenvalue weighted by Crippen LogP contribution is 2.33. The molecular formula is C21H26N2O. The number of piperidine rings is 1. The fraction of sp³-hybridized carbons (Fsp3) is 0.381. The molecule has 0 bridgehead atoms. The summed E-state index contributed by atoms with van der Waals surface area (Å²) in [5.74, 6) is 0.151. The lowest BCUT2D eigenvalue weighted by Crippen LogP contribution is -2.48. The van der Waals surface area contributed by atoms with Crippen LogP contribution in [0.1, 0.15) is 25.3 Å². The minimum absolute atomic E-state index is 0.130. The number of anilines is 1. The second-order valence-electron chi connectivity index (χ2n) is 7.03. The molecule has 126 valence electrons. The van der Waals surface area contributed by atoms with E-state index in [2.05, 4.69) is 42.2 Å². The van der Waals surface area contributed by atoms with Crippen molar-refractivity contribution in [1.82, 2.24) is 4.90 Å². The van der Waals surface area contributed by atoms with Crippen LogP contribution >= 0.6 is 0 Å². The Bertz CT molecular complexity index is 671. The van der Waals surface area contributed by atoms with E-state index < -0.39 is 0 Å².